The summed E-state index contributed by atoms with van der Waals surface area (Å²) in [6.07, 6.45) is 1.71. The molecule has 0 bridgehead atoms. The average molecular weight is 294 g/mol. The number of pyridine rings is 1. The fraction of sp³-hybridized carbons (Fsp3) is 0.308. The molecule has 2 aromatic rings. The molecule has 1 saturated heterocycles. The number of hydrogen-bond acceptors (Lipinski definition) is 4. The second-order valence-electron chi connectivity index (χ2n) is 4.56. The van der Waals surface area contributed by atoms with Crippen molar-refractivity contribution >= 4 is 32.7 Å². The van der Waals surface area contributed by atoms with E-state index in [1.807, 2.05) is 19.1 Å². The van der Waals surface area contributed by atoms with Gasteiger partial charge in [-0.25, -0.2) is 8.42 Å². The fourth-order valence-electron chi connectivity index (χ4n) is 2.18. The fourth-order valence-corrected chi connectivity index (χ4v) is 5.16. The summed E-state index contributed by atoms with van der Waals surface area (Å²) in [7, 11) is -3.43. The molecular weight excluding hydrogens is 280 g/mol. The molecule has 0 radical (unpaired) electrons. The van der Waals surface area contributed by atoms with Crippen LogP contribution in [0.5, 0.6) is 0 Å². The van der Waals surface area contributed by atoms with E-state index in [4.69, 9.17) is 0 Å². The summed E-state index contributed by atoms with van der Waals surface area (Å²) in [5.41, 5.74) is 1.59. The molecule has 1 aliphatic heterocycles. The van der Waals surface area contributed by atoms with Crippen LogP contribution in [0.4, 0.5) is 0 Å². The van der Waals surface area contributed by atoms with Crippen LogP contribution >= 0.6 is 11.8 Å². The maximum absolute atomic E-state index is 12.6. The number of rotatable bonds is 2. The van der Waals surface area contributed by atoms with Gasteiger partial charge in [0.2, 0.25) is 10.0 Å². The molecule has 0 N–H and O–H groups in total. The lowest BCUT2D eigenvalue weighted by atomic mass is 10.2. The summed E-state index contributed by atoms with van der Waals surface area (Å²) >= 11 is 1.64. The summed E-state index contributed by atoms with van der Waals surface area (Å²) in [5.74, 6) is 1.39. The van der Waals surface area contributed by atoms with Gasteiger partial charge in [-0.3, -0.25) is 4.98 Å². The van der Waals surface area contributed by atoms with E-state index in [0.717, 1.165) is 16.7 Å². The van der Waals surface area contributed by atoms with Gasteiger partial charge in [-0.15, -0.1) is 11.8 Å². The minimum absolute atomic E-state index is 0.313. The zero-order valence-corrected chi connectivity index (χ0v) is 12.2. The number of aromatic nitrogens is 1. The van der Waals surface area contributed by atoms with Crippen molar-refractivity contribution in [2.24, 2.45) is 0 Å². The first kappa shape index (κ1) is 12.9. The van der Waals surface area contributed by atoms with Crippen molar-refractivity contribution < 1.29 is 8.42 Å². The highest BCUT2D eigenvalue weighted by atomic mass is 32.2. The Bertz CT molecular complexity index is 723. The molecule has 0 spiro atoms. The highest BCUT2D eigenvalue weighted by Crippen LogP contribution is 2.28. The van der Waals surface area contributed by atoms with Gasteiger partial charge in [0.25, 0.3) is 0 Å². The smallest absolute Gasteiger partial charge is 0.246 e. The topological polar surface area (TPSA) is 50.3 Å². The second kappa shape index (κ2) is 4.77. The van der Waals surface area contributed by atoms with Gasteiger partial charge in [-0.1, -0.05) is 12.1 Å². The van der Waals surface area contributed by atoms with Gasteiger partial charge in [0.15, 0.2) is 0 Å². The molecular formula is C13H14N2O2S2. The van der Waals surface area contributed by atoms with Crippen molar-refractivity contribution in [3.05, 3.63) is 36.0 Å². The molecule has 1 aliphatic rings. The van der Waals surface area contributed by atoms with Crippen molar-refractivity contribution in [2.45, 2.75) is 11.8 Å². The quantitative estimate of drug-likeness (QED) is 0.852. The largest absolute Gasteiger partial charge is 0.255 e. The van der Waals surface area contributed by atoms with Crippen LogP contribution in [0.25, 0.3) is 10.9 Å². The molecule has 6 heteroatoms. The summed E-state index contributed by atoms with van der Waals surface area (Å²) in [6.45, 7) is 2.53. The van der Waals surface area contributed by atoms with E-state index in [9.17, 15) is 8.42 Å². The predicted molar refractivity (Wildman–Crippen MR) is 77.7 cm³/mol. The Morgan fingerprint density at radius 3 is 2.95 bits per heavy atom. The highest BCUT2D eigenvalue weighted by molar-refractivity contribution is 8.00. The van der Waals surface area contributed by atoms with Crippen molar-refractivity contribution in [1.29, 1.82) is 0 Å². The summed E-state index contributed by atoms with van der Waals surface area (Å²) in [6, 6.07) is 7.27. The molecule has 19 heavy (non-hydrogen) atoms. The van der Waals surface area contributed by atoms with E-state index in [-0.39, 0.29) is 0 Å². The lowest BCUT2D eigenvalue weighted by Crippen LogP contribution is -2.28. The molecule has 0 amide bonds. The van der Waals surface area contributed by atoms with Crippen LogP contribution in [0, 0.1) is 6.92 Å². The SMILES string of the molecule is Cc1cnc2c(S(=O)(=O)N3CCSC3)cccc2c1. The highest BCUT2D eigenvalue weighted by Gasteiger charge is 2.29. The molecule has 0 atom stereocenters. The van der Waals surface area contributed by atoms with Crippen molar-refractivity contribution in [1.82, 2.24) is 9.29 Å². The number of aryl methyl sites for hydroxylation is 1. The van der Waals surface area contributed by atoms with Gasteiger partial charge in [0, 0.05) is 23.9 Å². The van der Waals surface area contributed by atoms with E-state index in [1.165, 1.54) is 4.31 Å². The van der Waals surface area contributed by atoms with E-state index >= 15 is 0 Å². The molecule has 0 saturated carbocycles. The molecule has 1 aromatic carbocycles. The minimum atomic E-state index is -3.43. The minimum Gasteiger partial charge on any atom is -0.255 e. The molecule has 1 aromatic heterocycles. The lowest BCUT2D eigenvalue weighted by molar-refractivity contribution is 0.490. The number of nitrogens with zero attached hydrogens (tertiary/aromatic N) is 2. The molecule has 2 heterocycles. The maximum Gasteiger partial charge on any atom is 0.246 e. The monoisotopic (exact) mass is 294 g/mol. The Hall–Kier alpha value is -1.11. The van der Waals surface area contributed by atoms with Crippen LogP contribution in [0.3, 0.4) is 0 Å². The Kier molecular flexibility index (Phi) is 3.24. The maximum atomic E-state index is 12.6. The summed E-state index contributed by atoms with van der Waals surface area (Å²) < 4.78 is 26.7. The third-order valence-corrected chi connectivity index (χ3v) is 6.15. The van der Waals surface area contributed by atoms with Gasteiger partial charge >= 0.3 is 0 Å². The third kappa shape index (κ3) is 2.24. The van der Waals surface area contributed by atoms with E-state index in [1.54, 1.807) is 30.1 Å². The molecule has 3 rings (SSSR count). The Labute approximate surface area is 116 Å². The number of sulfonamides is 1. The van der Waals surface area contributed by atoms with Crippen LogP contribution in [-0.4, -0.2) is 35.9 Å². The van der Waals surface area contributed by atoms with Crippen molar-refractivity contribution in [2.75, 3.05) is 18.2 Å². The first-order valence-electron chi connectivity index (χ1n) is 6.02. The van der Waals surface area contributed by atoms with Gasteiger partial charge in [-0.05, 0) is 24.6 Å². The predicted octanol–water partition coefficient (Wildman–Crippen LogP) is 2.24. The standard InChI is InChI=1S/C13H14N2O2S2/c1-10-7-11-3-2-4-12(13(11)14-8-10)19(16,17)15-5-6-18-9-15/h2-4,7-8H,5-6,9H2,1H3. The number of fused-ring (bicyclic) bond motifs is 1. The molecule has 100 valence electrons. The van der Waals surface area contributed by atoms with Gasteiger partial charge in [0.1, 0.15) is 4.90 Å². The summed E-state index contributed by atoms with van der Waals surface area (Å²) in [4.78, 5) is 4.62. The van der Waals surface area contributed by atoms with Crippen LogP contribution in [0.1, 0.15) is 5.56 Å². The second-order valence-corrected chi connectivity index (χ2v) is 7.54. The summed E-state index contributed by atoms with van der Waals surface area (Å²) in [5, 5.41) is 0.868. The Morgan fingerprint density at radius 1 is 1.37 bits per heavy atom. The normalized spacial score (nSPS) is 17.1. The molecule has 0 unspecified atom stereocenters. The number of benzene rings is 1. The van der Waals surface area contributed by atoms with E-state index in [2.05, 4.69) is 4.98 Å². The first-order chi connectivity index (χ1) is 9.09. The van der Waals surface area contributed by atoms with Gasteiger partial charge in [0.05, 0.1) is 11.4 Å². The number of thioether (sulfide) groups is 1. The Balaban J connectivity index is 2.19. The first-order valence-corrected chi connectivity index (χ1v) is 8.62. The van der Waals surface area contributed by atoms with Crippen LogP contribution in [0.15, 0.2) is 35.4 Å². The van der Waals surface area contributed by atoms with Crippen molar-refractivity contribution in [3.63, 3.8) is 0 Å². The van der Waals surface area contributed by atoms with E-state index in [0.29, 0.717) is 22.8 Å². The van der Waals surface area contributed by atoms with E-state index < -0.39 is 10.0 Å². The molecule has 0 aliphatic carbocycles. The zero-order chi connectivity index (χ0) is 13.5. The van der Waals surface area contributed by atoms with Crippen LogP contribution in [0.2, 0.25) is 0 Å². The number of hydrogen-bond donors (Lipinski definition) is 0. The van der Waals surface area contributed by atoms with Gasteiger partial charge < -0.3 is 0 Å². The van der Waals surface area contributed by atoms with Crippen LogP contribution < -0.4 is 0 Å². The lowest BCUT2D eigenvalue weighted by Gasteiger charge is -2.15. The third-order valence-electron chi connectivity index (χ3n) is 3.15. The molecule has 1 fully saturated rings. The molecule has 4 nitrogen and oxygen atoms in total. The van der Waals surface area contributed by atoms with Crippen LogP contribution in [-0.2, 0) is 10.0 Å². The number of para-hydroxylation sites is 1. The van der Waals surface area contributed by atoms with Gasteiger partial charge in [-0.2, -0.15) is 4.31 Å². The Morgan fingerprint density at radius 2 is 2.21 bits per heavy atom. The zero-order valence-electron chi connectivity index (χ0n) is 10.5. The van der Waals surface area contributed by atoms with Crippen molar-refractivity contribution in [3.8, 4) is 0 Å². The average Bonchev–Trinajstić information content (AvgIpc) is 2.92.